The van der Waals surface area contributed by atoms with Crippen molar-refractivity contribution < 1.29 is 9.90 Å². The molecular weight excluding hydrogens is 266 g/mol. The van der Waals surface area contributed by atoms with Gasteiger partial charge in [0.05, 0.1) is 12.2 Å². The van der Waals surface area contributed by atoms with Gasteiger partial charge in [-0.05, 0) is 25.1 Å². The topological polar surface area (TPSA) is 56.7 Å². The van der Waals surface area contributed by atoms with Gasteiger partial charge in [0.15, 0.2) is 0 Å². The average molecular weight is 284 g/mol. The van der Waals surface area contributed by atoms with Gasteiger partial charge in [0.1, 0.15) is 5.15 Å². The molecule has 0 aromatic carbocycles. The molecule has 0 atom stereocenters. The molecule has 0 radical (unpaired) electrons. The molecule has 6 heteroatoms. The van der Waals surface area contributed by atoms with E-state index in [4.69, 9.17) is 16.7 Å². The standard InChI is InChI=1S/C13H18ClN3O2/c14-12-3-2-11(10-15-12)13(19)17-5-1-4-16(6-7-17)8-9-18/h2-3,10,18H,1,4-9H2. The summed E-state index contributed by atoms with van der Waals surface area (Å²) < 4.78 is 0. The van der Waals surface area contributed by atoms with Crippen LogP contribution < -0.4 is 0 Å². The maximum Gasteiger partial charge on any atom is 0.255 e. The predicted molar refractivity (Wildman–Crippen MR) is 73.3 cm³/mol. The van der Waals surface area contributed by atoms with E-state index in [0.29, 0.717) is 23.8 Å². The number of hydrogen-bond donors (Lipinski definition) is 1. The number of rotatable bonds is 3. The number of aliphatic hydroxyl groups is 1. The fourth-order valence-corrected chi connectivity index (χ4v) is 2.34. The van der Waals surface area contributed by atoms with Gasteiger partial charge in [0.2, 0.25) is 0 Å². The van der Waals surface area contributed by atoms with Crippen molar-refractivity contribution in [2.45, 2.75) is 6.42 Å². The Morgan fingerprint density at radius 1 is 1.32 bits per heavy atom. The van der Waals surface area contributed by atoms with Crippen LogP contribution in [0.5, 0.6) is 0 Å². The van der Waals surface area contributed by atoms with Crippen molar-refractivity contribution in [1.29, 1.82) is 0 Å². The van der Waals surface area contributed by atoms with E-state index in [-0.39, 0.29) is 12.5 Å². The minimum absolute atomic E-state index is 0.00462. The monoisotopic (exact) mass is 283 g/mol. The third-order valence-corrected chi connectivity index (χ3v) is 3.49. The number of β-amino-alcohol motifs (C(OH)–C–C–N with tert-alkyl or cyclic N) is 1. The van der Waals surface area contributed by atoms with Crippen molar-refractivity contribution in [3.8, 4) is 0 Å². The maximum atomic E-state index is 12.3. The first kappa shape index (κ1) is 14.2. The Bertz CT molecular complexity index is 424. The highest BCUT2D eigenvalue weighted by Crippen LogP contribution is 2.10. The van der Waals surface area contributed by atoms with Crippen LogP contribution in [0.25, 0.3) is 0 Å². The number of carbonyl (C=O) groups excluding carboxylic acids is 1. The molecule has 1 amide bonds. The van der Waals surface area contributed by atoms with E-state index in [1.165, 1.54) is 6.20 Å². The number of aliphatic hydroxyl groups excluding tert-OH is 1. The summed E-state index contributed by atoms with van der Waals surface area (Å²) in [6.07, 6.45) is 2.44. The van der Waals surface area contributed by atoms with Crippen molar-refractivity contribution >= 4 is 17.5 Å². The molecule has 5 nitrogen and oxygen atoms in total. The second kappa shape index (κ2) is 6.84. The first-order valence-electron chi connectivity index (χ1n) is 6.45. The van der Waals surface area contributed by atoms with Gasteiger partial charge >= 0.3 is 0 Å². The number of aromatic nitrogens is 1. The summed E-state index contributed by atoms with van der Waals surface area (Å²) in [5, 5.41) is 9.34. The molecule has 1 aromatic heterocycles. The fraction of sp³-hybridized carbons (Fsp3) is 0.538. The van der Waals surface area contributed by atoms with E-state index in [9.17, 15) is 4.79 Å². The van der Waals surface area contributed by atoms with Crippen molar-refractivity contribution in [3.05, 3.63) is 29.0 Å². The van der Waals surface area contributed by atoms with Gasteiger partial charge in [-0.15, -0.1) is 0 Å². The highest BCUT2D eigenvalue weighted by atomic mass is 35.5. The summed E-state index contributed by atoms with van der Waals surface area (Å²) in [5.74, 6) is -0.00462. The third kappa shape index (κ3) is 3.89. The van der Waals surface area contributed by atoms with E-state index in [0.717, 1.165) is 26.1 Å². The molecule has 1 aliphatic rings. The molecule has 0 spiro atoms. The van der Waals surface area contributed by atoms with E-state index in [2.05, 4.69) is 9.88 Å². The summed E-state index contributed by atoms with van der Waals surface area (Å²) in [6.45, 7) is 3.97. The molecule has 1 aliphatic heterocycles. The largest absolute Gasteiger partial charge is 0.395 e. The summed E-state index contributed by atoms with van der Waals surface area (Å²) in [6, 6.07) is 3.33. The van der Waals surface area contributed by atoms with Gasteiger partial charge in [-0.25, -0.2) is 4.98 Å². The SMILES string of the molecule is O=C(c1ccc(Cl)nc1)N1CCCN(CCO)CC1. The Hall–Kier alpha value is -1.17. The average Bonchev–Trinajstić information content (AvgIpc) is 2.65. The number of pyridine rings is 1. The number of hydrogen-bond acceptors (Lipinski definition) is 4. The molecule has 2 rings (SSSR count). The zero-order valence-electron chi connectivity index (χ0n) is 10.8. The predicted octanol–water partition coefficient (Wildman–Crippen LogP) is 0.875. The van der Waals surface area contributed by atoms with Gasteiger partial charge in [0.25, 0.3) is 5.91 Å². The molecule has 0 saturated carbocycles. The van der Waals surface area contributed by atoms with Crippen LogP contribution in [0.2, 0.25) is 5.15 Å². The number of halogens is 1. The minimum Gasteiger partial charge on any atom is -0.395 e. The number of nitrogens with zero attached hydrogens (tertiary/aromatic N) is 3. The fourth-order valence-electron chi connectivity index (χ4n) is 2.22. The van der Waals surface area contributed by atoms with Gasteiger partial charge in [0, 0.05) is 32.4 Å². The van der Waals surface area contributed by atoms with Crippen molar-refractivity contribution in [2.75, 3.05) is 39.3 Å². The number of carbonyl (C=O) groups is 1. The van der Waals surface area contributed by atoms with E-state index in [1.807, 2.05) is 4.90 Å². The normalized spacial score (nSPS) is 17.3. The Balaban J connectivity index is 1.98. The summed E-state index contributed by atoms with van der Waals surface area (Å²) in [7, 11) is 0. The van der Waals surface area contributed by atoms with Crippen molar-refractivity contribution in [3.63, 3.8) is 0 Å². The van der Waals surface area contributed by atoms with Gasteiger partial charge in [-0.3, -0.25) is 9.69 Å². The van der Waals surface area contributed by atoms with E-state index < -0.39 is 0 Å². The van der Waals surface area contributed by atoms with Crippen molar-refractivity contribution in [1.82, 2.24) is 14.8 Å². The molecule has 1 fully saturated rings. The van der Waals surface area contributed by atoms with Crippen LogP contribution in [-0.4, -0.2) is 65.1 Å². The van der Waals surface area contributed by atoms with Crippen LogP contribution >= 0.6 is 11.6 Å². The molecule has 0 bridgehead atoms. The Morgan fingerprint density at radius 2 is 2.16 bits per heavy atom. The summed E-state index contributed by atoms with van der Waals surface area (Å²) in [4.78, 5) is 20.3. The summed E-state index contributed by atoms with van der Waals surface area (Å²) >= 11 is 5.72. The van der Waals surface area contributed by atoms with Gasteiger partial charge in [-0.1, -0.05) is 11.6 Å². The Kier molecular flexibility index (Phi) is 5.13. The second-order valence-corrected chi connectivity index (χ2v) is 4.97. The molecule has 104 valence electrons. The molecule has 1 aromatic rings. The first-order chi connectivity index (χ1) is 9.20. The Labute approximate surface area is 117 Å². The molecule has 2 heterocycles. The molecule has 1 N–H and O–H groups in total. The van der Waals surface area contributed by atoms with Crippen LogP contribution in [0.1, 0.15) is 16.8 Å². The second-order valence-electron chi connectivity index (χ2n) is 4.58. The zero-order valence-corrected chi connectivity index (χ0v) is 11.5. The highest BCUT2D eigenvalue weighted by molar-refractivity contribution is 6.29. The number of amides is 1. The van der Waals surface area contributed by atoms with Crippen LogP contribution in [0, 0.1) is 0 Å². The van der Waals surface area contributed by atoms with Crippen molar-refractivity contribution in [2.24, 2.45) is 0 Å². The lowest BCUT2D eigenvalue weighted by atomic mass is 10.2. The molecule has 1 saturated heterocycles. The first-order valence-corrected chi connectivity index (χ1v) is 6.82. The molecular formula is C13H18ClN3O2. The minimum atomic E-state index is -0.00462. The molecule has 0 aliphatic carbocycles. The smallest absolute Gasteiger partial charge is 0.255 e. The van der Waals surface area contributed by atoms with E-state index >= 15 is 0 Å². The van der Waals surface area contributed by atoms with E-state index in [1.54, 1.807) is 12.1 Å². The van der Waals surface area contributed by atoms with Crippen LogP contribution in [-0.2, 0) is 0 Å². The lowest BCUT2D eigenvalue weighted by Crippen LogP contribution is -2.35. The highest BCUT2D eigenvalue weighted by Gasteiger charge is 2.20. The van der Waals surface area contributed by atoms with Gasteiger partial charge < -0.3 is 10.0 Å². The lowest BCUT2D eigenvalue weighted by Gasteiger charge is -2.21. The third-order valence-electron chi connectivity index (χ3n) is 3.27. The van der Waals surface area contributed by atoms with Gasteiger partial charge in [-0.2, -0.15) is 0 Å². The van der Waals surface area contributed by atoms with Crippen LogP contribution in [0.15, 0.2) is 18.3 Å². The summed E-state index contributed by atoms with van der Waals surface area (Å²) in [5.41, 5.74) is 0.569. The molecule has 19 heavy (non-hydrogen) atoms. The van der Waals surface area contributed by atoms with Crippen LogP contribution in [0.3, 0.4) is 0 Å². The lowest BCUT2D eigenvalue weighted by molar-refractivity contribution is 0.0760. The quantitative estimate of drug-likeness (QED) is 0.837. The zero-order chi connectivity index (χ0) is 13.7. The molecule has 0 unspecified atom stereocenters. The maximum absolute atomic E-state index is 12.3. The van der Waals surface area contributed by atoms with Crippen LogP contribution in [0.4, 0.5) is 0 Å². The Morgan fingerprint density at radius 3 is 2.84 bits per heavy atom.